The van der Waals surface area contributed by atoms with E-state index in [0.29, 0.717) is 43.1 Å². The van der Waals surface area contributed by atoms with Gasteiger partial charge in [-0.1, -0.05) is 18.7 Å². The van der Waals surface area contributed by atoms with Crippen LogP contribution in [0.25, 0.3) is 0 Å². The van der Waals surface area contributed by atoms with Crippen molar-refractivity contribution in [3.63, 3.8) is 0 Å². The molecule has 3 fully saturated rings. The van der Waals surface area contributed by atoms with Gasteiger partial charge in [0, 0.05) is 38.0 Å². The Bertz CT molecular complexity index is 963. The molecule has 5 rings (SSSR count). The van der Waals surface area contributed by atoms with Gasteiger partial charge in [0.2, 0.25) is 11.8 Å². The molecule has 0 spiro atoms. The lowest BCUT2D eigenvalue weighted by molar-refractivity contribution is -0.141. The second-order valence-electron chi connectivity index (χ2n) is 9.76. The number of hydrogen-bond acceptors (Lipinski definition) is 6. The van der Waals surface area contributed by atoms with Crippen LogP contribution < -0.4 is 0 Å². The van der Waals surface area contributed by atoms with E-state index in [-0.39, 0.29) is 11.8 Å². The highest BCUT2D eigenvalue weighted by molar-refractivity contribution is 7.99. The summed E-state index contributed by atoms with van der Waals surface area (Å²) in [5.74, 6) is 3.72. The highest BCUT2D eigenvalue weighted by Crippen LogP contribution is 2.40. The number of aromatic nitrogens is 3. The molecule has 2 aromatic rings. The van der Waals surface area contributed by atoms with Crippen LogP contribution in [0.5, 0.6) is 0 Å². The quantitative estimate of drug-likeness (QED) is 0.576. The summed E-state index contributed by atoms with van der Waals surface area (Å²) in [6.45, 7) is 5.90. The van der Waals surface area contributed by atoms with E-state index in [4.69, 9.17) is 4.42 Å². The first-order chi connectivity index (χ1) is 16.1. The van der Waals surface area contributed by atoms with Crippen molar-refractivity contribution in [3.8, 4) is 0 Å². The molecule has 2 aromatic heterocycles. The molecular weight excluding hydrogens is 438 g/mol. The van der Waals surface area contributed by atoms with Crippen LogP contribution in [0.4, 0.5) is 0 Å². The SMILES string of the molecule is CC1CCCN(C(=O)C2CCN(C(=O)CSc3nnc(C4CC4)n3Cc3ccco3)CC2)C1. The number of carbonyl (C=O) groups is 2. The molecule has 2 amide bonds. The van der Waals surface area contributed by atoms with Gasteiger partial charge in [-0.3, -0.25) is 14.2 Å². The molecule has 8 nitrogen and oxygen atoms in total. The molecule has 1 aliphatic carbocycles. The van der Waals surface area contributed by atoms with E-state index in [0.717, 1.165) is 61.9 Å². The molecule has 0 N–H and O–H groups in total. The number of carbonyl (C=O) groups excluding carboxylic acids is 2. The van der Waals surface area contributed by atoms with Gasteiger partial charge in [0.15, 0.2) is 5.16 Å². The molecule has 2 aliphatic heterocycles. The summed E-state index contributed by atoms with van der Waals surface area (Å²) in [7, 11) is 0. The number of hydrogen-bond donors (Lipinski definition) is 0. The zero-order valence-electron chi connectivity index (χ0n) is 19.3. The first-order valence-electron chi connectivity index (χ1n) is 12.2. The smallest absolute Gasteiger partial charge is 0.233 e. The van der Waals surface area contributed by atoms with Crippen molar-refractivity contribution in [1.29, 1.82) is 0 Å². The molecule has 9 heteroatoms. The zero-order valence-corrected chi connectivity index (χ0v) is 20.1. The minimum Gasteiger partial charge on any atom is -0.467 e. The largest absolute Gasteiger partial charge is 0.467 e. The first-order valence-corrected chi connectivity index (χ1v) is 13.2. The van der Waals surface area contributed by atoms with Gasteiger partial charge in [0.05, 0.1) is 18.6 Å². The van der Waals surface area contributed by atoms with Crippen molar-refractivity contribution < 1.29 is 14.0 Å². The average Bonchev–Trinajstić information content (AvgIpc) is 3.40. The maximum atomic E-state index is 12.9. The Balaban J connectivity index is 1.14. The second-order valence-corrected chi connectivity index (χ2v) is 10.7. The Kier molecular flexibility index (Phi) is 6.76. The van der Waals surface area contributed by atoms with E-state index in [1.807, 2.05) is 17.0 Å². The lowest BCUT2D eigenvalue weighted by Gasteiger charge is -2.37. The fourth-order valence-corrected chi connectivity index (χ4v) is 5.85. The predicted molar refractivity (Wildman–Crippen MR) is 125 cm³/mol. The molecule has 0 bridgehead atoms. The fraction of sp³-hybridized carbons (Fsp3) is 0.667. The Morgan fingerprint density at radius 1 is 1.09 bits per heavy atom. The topological polar surface area (TPSA) is 84.5 Å². The normalized spacial score (nSPS) is 22.0. The standard InChI is InChI=1S/C24H33N5O3S/c1-17-4-2-10-28(14-17)23(31)19-8-11-27(12-9-19)21(30)16-33-24-26-25-22(18-6-7-18)29(24)15-20-5-3-13-32-20/h3,5,13,17-19H,2,4,6-12,14-16H2,1H3. The van der Waals surface area contributed by atoms with Crippen molar-refractivity contribution in [2.24, 2.45) is 11.8 Å². The molecule has 1 unspecified atom stereocenters. The van der Waals surface area contributed by atoms with Crippen LogP contribution in [-0.4, -0.2) is 68.3 Å². The molecule has 1 atom stereocenters. The highest BCUT2D eigenvalue weighted by Gasteiger charge is 2.33. The summed E-state index contributed by atoms with van der Waals surface area (Å²) in [6.07, 6.45) is 7.81. The van der Waals surface area contributed by atoms with E-state index in [2.05, 4.69) is 26.6 Å². The van der Waals surface area contributed by atoms with Gasteiger partial charge in [-0.15, -0.1) is 10.2 Å². The highest BCUT2D eigenvalue weighted by atomic mass is 32.2. The summed E-state index contributed by atoms with van der Waals surface area (Å²) in [6, 6.07) is 3.83. The molecule has 0 aromatic carbocycles. The fourth-order valence-electron chi connectivity index (χ4n) is 5.00. The monoisotopic (exact) mass is 471 g/mol. The van der Waals surface area contributed by atoms with E-state index < -0.39 is 0 Å². The van der Waals surface area contributed by atoms with Gasteiger partial charge in [-0.2, -0.15) is 0 Å². The van der Waals surface area contributed by atoms with Crippen LogP contribution in [0.2, 0.25) is 0 Å². The molecule has 1 saturated carbocycles. The van der Waals surface area contributed by atoms with Gasteiger partial charge in [0.1, 0.15) is 11.6 Å². The van der Waals surface area contributed by atoms with E-state index >= 15 is 0 Å². The Morgan fingerprint density at radius 2 is 1.91 bits per heavy atom. The summed E-state index contributed by atoms with van der Waals surface area (Å²) in [4.78, 5) is 29.8. The maximum Gasteiger partial charge on any atom is 0.233 e. The van der Waals surface area contributed by atoms with Gasteiger partial charge in [-0.05, 0) is 56.6 Å². The third-order valence-corrected chi connectivity index (χ3v) is 8.02. The molecule has 3 aliphatic rings. The minimum atomic E-state index is 0.0597. The Hall–Kier alpha value is -2.29. The lowest BCUT2D eigenvalue weighted by Crippen LogP contribution is -2.47. The van der Waals surface area contributed by atoms with Gasteiger partial charge in [-0.25, -0.2) is 0 Å². The minimum absolute atomic E-state index is 0.0597. The van der Waals surface area contributed by atoms with Gasteiger partial charge >= 0.3 is 0 Å². The van der Waals surface area contributed by atoms with Crippen LogP contribution >= 0.6 is 11.8 Å². The van der Waals surface area contributed by atoms with Gasteiger partial charge in [0.25, 0.3) is 0 Å². The molecular formula is C24H33N5O3S. The van der Waals surface area contributed by atoms with Crippen molar-refractivity contribution in [1.82, 2.24) is 24.6 Å². The van der Waals surface area contributed by atoms with Crippen molar-refractivity contribution >= 4 is 23.6 Å². The van der Waals surface area contributed by atoms with Crippen molar-refractivity contribution in [2.45, 2.75) is 63.1 Å². The second kappa shape index (κ2) is 9.91. The molecule has 0 radical (unpaired) electrons. The predicted octanol–water partition coefficient (Wildman–Crippen LogP) is 3.39. The third-order valence-electron chi connectivity index (χ3n) is 7.07. The van der Waals surface area contributed by atoms with Crippen LogP contribution in [0, 0.1) is 11.8 Å². The number of thioether (sulfide) groups is 1. The zero-order chi connectivity index (χ0) is 22.8. The summed E-state index contributed by atoms with van der Waals surface area (Å²) >= 11 is 1.45. The number of likely N-dealkylation sites (tertiary alicyclic amines) is 2. The van der Waals surface area contributed by atoms with E-state index in [9.17, 15) is 9.59 Å². The molecule has 33 heavy (non-hydrogen) atoms. The Morgan fingerprint density at radius 3 is 2.61 bits per heavy atom. The van der Waals surface area contributed by atoms with E-state index in [1.54, 1.807) is 6.26 Å². The molecule has 178 valence electrons. The molecule has 4 heterocycles. The number of nitrogens with zero attached hydrogens (tertiary/aromatic N) is 5. The lowest BCUT2D eigenvalue weighted by atomic mass is 9.93. The van der Waals surface area contributed by atoms with Crippen LogP contribution in [0.15, 0.2) is 28.0 Å². The van der Waals surface area contributed by atoms with Crippen LogP contribution in [-0.2, 0) is 16.1 Å². The maximum absolute atomic E-state index is 12.9. The summed E-state index contributed by atoms with van der Waals surface area (Å²) in [5, 5.41) is 9.56. The number of piperidine rings is 2. The van der Waals surface area contributed by atoms with Crippen LogP contribution in [0.3, 0.4) is 0 Å². The third kappa shape index (κ3) is 5.28. The molecule has 2 saturated heterocycles. The van der Waals surface area contributed by atoms with Gasteiger partial charge < -0.3 is 14.2 Å². The number of amides is 2. The van der Waals surface area contributed by atoms with Crippen molar-refractivity contribution in [2.75, 3.05) is 31.9 Å². The van der Waals surface area contributed by atoms with Crippen LogP contribution in [0.1, 0.15) is 63.0 Å². The summed E-state index contributed by atoms with van der Waals surface area (Å²) < 4.78 is 7.62. The Labute approximate surface area is 199 Å². The number of rotatable bonds is 7. The first kappa shape index (κ1) is 22.5. The number of furan rings is 1. The van der Waals surface area contributed by atoms with E-state index in [1.165, 1.54) is 18.2 Å². The van der Waals surface area contributed by atoms with Crippen molar-refractivity contribution in [3.05, 3.63) is 30.0 Å². The summed E-state index contributed by atoms with van der Waals surface area (Å²) in [5.41, 5.74) is 0. The average molecular weight is 472 g/mol.